The lowest BCUT2D eigenvalue weighted by Crippen LogP contribution is -2.10. The molecule has 0 aliphatic heterocycles. The Labute approximate surface area is 116 Å². The molecule has 4 nitrogen and oxygen atoms in total. The molecule has 2 aromatic rings. The first-order valence-corrected chi connectivity index (χ1v) is 7.30. The van der Waals surface area contributed by atoms with Gasteiger partial charge < -0.3 is 10.7 Å². The summed E-state index contributed by atoms with van der Waals surface area (Å²) in [5.41, 5.74) is 9.04. The molecule has 0 spiro atoms. The first kappa shape index (κ1) is 13.7. The largest absolute Gasteiger partial charge is 0.398 e. The maximum atomic E-state index is 11.7. The van der Waals surface area contributed by atoms with Crippen molar-refractivity contribution in [1.82, 2.24) is 9.97 Å². The highest BCUT2D eigenvalue weighted by molar-refractivity contribution is 7.98. The van der Waals surface area contributed by atoms with Gasteiger partial charge >= 0.3 is 0 Å². The highest BCUT2D eigenvalue weighted by Crippen LogP contribution is 2.21. The van der Waals surface area contributed by atoms with Gasteiger partial charge in [-0.3, -0.25) is 4.79 Å². The summed E-state index contributed by atoms with van der Waals surface area (Å²) in [7, 11) is 0. The summed E-state index contributed by atoms with van der Waals surface area (Å²) in [5.74, 6) is 2.40. The van der Waals surface area contributed by atoms with E-state index in [2.05, 4.69) is 16.9 Å². The Balaban J connectivity index is 2.40. The van der Waals surface area contributed by atoms with Crippen LogP contribution in [0.1, 0.15) is 18.3 Å². The molecule has 0 bridgehead atoms. The summed E-state index contributed by atoms with van der Waals surface area (Å²) < 4.78 is 0. The zero-order valence-electron chi connectivity index (χ0n) is 11.1. The van der Waals surface area contributed by atoms with E-state index >= 15 is 0 Å². The molecule has 0 radical (unpaired) electrons. The predicted molar refractivity (Wildman–Crippen MR) is 81.3 cm³/mol. The topological polar surface area (TPSA) is 71.8 Å². The average Bonchev–Trinajstić information content (AvgIpc) is 2.39. The van der Waals surface area contributed by atoms with Crippen LogP contribution in [-0.2, 0) is 5.75 Å². The number of nitrogens with zero attached hydrogens (tertiary/aromatic N) is 1. The molecule has 3 N–H and O–H groups in total. The first-order valence-electron chi connectivity index (χ1n) is 6.14. The van der Waals surface area contributed by atoms with Gasteiger partial charge in [0.1, 0.15) is 5.82 Å². The zero-order chi connectivity index (χ0) is 13.8. The maximum absolute atomic E-state index is 11.7. The fraction of sp³-hybridized carbons (Fsp3) is 0.286. The molecule has 0 amide bonds. The smallest absolute Gasteiger partial charge is 0.251 e. The SMILES string of the molecule is CCSCc1nc(-c2ccc(C)c(N)c2)cc(=O)[nH]1. The lowest BCUT2D eigenvalue weighted by molar-refractivity contribution is 1.01. The van der Waals surface area contributed by atoms with E-state index < -0.39 is 0 Å². The van der Waals surface area contributed by atoms with Crippen molar-refractivity contribution in [1.29, 1.82) is 0 Å². The second kappa shape index (κ2) is 5.93. The quantitative estimate of drug-likeness (QED) is 0.841. The summed E-state index contributed by atoms with van der Waals surface area (Å²) in [5, 5.41) is 0. The Hall–Kier alpha value is -1.75. The molecular weight excluding hydrogens is 258 g/mol. The summed E-state index contributed by atoms with van der Waals surface area (Å²) >= 11 is 1.72. The van der Waals surface area contributed by atoms with Crippen LogP contribution in [-0.4, -0.2) is 15.7 Å². The molecule has 1 aromatic heterocycles. The number of aryl methyl sites for hydroxylation is 1. The van der Waals surface area contributed by atoms with Crippen LogP contribution in [0.2, 0.25) is 0 Å². The molecule has 0 saturated heterocycles. The number of nitrogen functional groups attached to an aromatic ring is 1. The zero-order valence-corrected chi connectivity index (χ0v) is 11.9. The lowest BCUT2D eigenvalue weighted by atomic mass is 10.1. The van der Waals surface area contributed by atoms with Gasteiger partial charge in [0, 0.05) is 17.3 Å². The van der Waals surface area contributed by atoms with Crippen molar-refractivity contribution in [3.8, 4) is 11.3 Å². The standard InChI is InChI=1S/C14H17N3OS/c1-3-19-8-13-16-12(7-14(18)17-13)10-5-4-9(2)11(15)6-10/h4-7H,3,8,15H2,1-2H3,(H,16,17,18). The van der Waals surface area contributed by atoms with Crippen molar-refractivity contribution in [3.05, 3.63) is 46.0 Å². The van der Waals surface area contributed by atoms with Crippen LogP contribution in [0.3, 0.4) is 0 Å². The number of nitrogens with one attached hydrogen (secondary N) is 1. The molecule has 0 atom stereocenters. The summed E-state index contributed by atoms with van der Waals surface area (Å²) in [4.78, 5) is 18.9. The van der Waals surface area contributed by atoms with Gasteiger partial charge in [0.2, 0.25) is 0 Å². The molecule has 2 rings (SSSR count). The maximum Gasteiger partial charge on any atom is 0.251 e. The van der Waals surface area contributed by atoms with Crippen LogP contribution < -0.4 is 11.3 Å². The minimum atomic E-state index is -0.129. The second-order valence-electron chi connectivity index (χ2n) is 4.29. The molecule has 1 heterocycles. The Morgan fingerprint density at radius 3 is 2.84 bits per heavy atom. The number of hydrogen-bond donors (Lipinski definition) is 2. The van der Waals surface area contributed by atoms with Crippen molar-refractivity contribution >= 4 is 17.4 Å². The van der Waals surface area contributed by atoms with Crippen LogP contribution in [0.5, 0.6) is 0 Å². The number of aromatic nitrogens is 2. The molecule has 0 aliphatic rings. The second-order valence-corrected chi connectivity index (χ2v) is 5.56. The number of H-pyrrole nitrogens is 1. The number of nitrogens with two attached hydrogens (primary N) is 1. The molecule has 0 fully saturated rings. The summed E-state index contributed by atoms with van der Waals surface area (Å²) in [6.45, 7) is 4.03. The van der Waals surface area contributed by atoms with Gasteiger partial charge in [0.05, 0.1) is 11.4 Å². The number of aromatic amines is 1. The van der Waals surface area contributed by atoms with Crippen LogP contribution in [0.4, 0.5) is 5.69 Å². The third kappa shape index (κ3) is 3.38. The summed E-state index contributed by atoms with van der Waals surface area (Å²) in [6, 6.07) is 7.23. The molecular formula is C14H17N3OS. The van der Waals surface area contributed by atoms with Gasteiger partial charge in [-0.25, -0.2) is 4.98 Å². The average molecular weight is 275 g/mol. The van der Waals surface area contributed by atoms with Crippen LogP contribution in [0.15, 0.2) is 29.1 Å². The molecule has 0 saturated carbocycles. The Morgan fingerprint density at radius 1 is 1.37 bits per heavy atom. The van der Waals surface area contributed by atoms with Gasteiger partial charge in [-0.15, -0.1) is 0 Å². The van der Waals surface area contributed by atoms with E-state index in [4.69, 9.17) is 5.73 Å². The minimum Gasteiger partial charge on any atom is -0.398 e. The van der Waals surface area contributed by atoms with Gasteiger partial charge in [-0.2, -0.15) is 11.8 Å². The van der Waals surface area contributed by atoms with Crippen molar-refractivity contribution < 1.29 is 0 Å². The summed E-state index contributed by atoms with van der Waals surface area (Å²) in [6.07, 6.45) is 0. The van der Waals surface area contributed by atoms with E-state index in [-0.39, 0.29) is 5.56 Å². The monoisotopic (exact) mass is 275 g/mol. The van der Waals surface area contributed by atoms with E-state index in [0.717, 1.165) is 16.9 Å². The molecule has 0 aliphatic carbocycles. The highest BCUT2D eigenvalue weighted by atomic mass is 32.2. The first-order chi connectivity index (χ1) is 9.10. The van der Waals surface area contributed by atoms with Crippen molar-refractivity contribution in [2.45, 2.75) is 19.6 Å². The fourth-order valence-corrected chi connectivity index (χ4v) is 2.26. The number of anilines is 1. The molecule has 100 valence electrons. The van der Waals surface area contributed by atoms with E-state index in [1.807, 2.05) is 25.1 Å². The van der Waals surface area contributed by atoms with Crippen LogP contribution in [0.25, 0.3) is 11.3 Å². The van der Waals surface area contributed by atoms with Gasteiger partial charge in [-0.1, -0.05) is 19.1 Å². The van der Waals surface area contributed by atoms with E-state index in [1.165, 1.54) is 6.07 Å². The third-order valence-electron chi connectivity index (χ3n) is 2.81. The minimum absolute atomic E-state index is 0.129. The highest BCUT2D eigenvalue weighted by Gasteiger charge is 2.05. The van der Waals surface area contributed by atoms with E-state index in [9.17, 15) is 4.79 Å². The van der Waals surface area contributed by atoms with Gasteiger partial charge in [0.15, 0.2) is 0 Å². The predicted octanol–water partition coefficient (Wildman–Crippen LogP) is 2.58. The fourth-order valence-electron chi connectivity index (χ4n) is 1.72. The van der Waals surface area contributed by atoms with Crippen molar-refractivity contribution in [3.63, 3.8) is 0 Å². The van der Waals surface area contributed by atoms with Gasteiger partial charge in [-0.05, 0) is 24.3 Å². The van der Waals surface area contributed by atoms with Crippen molar-refractivity contribution in [2.24, 2.45) is 0 Å². The third-order valence-corrected chi connectivity index (χ3v) is 3.69. The Kier molecular flexibility index (Phi) is 4.27. The van der Waals surface area contributed by atoms with Crippen LogP contribution in [0, 0.1) is 6.92 Å². The van der Waals surface area contributed by atoms with E-state index in [1.54, 1.807) is 11.8 Å². The molecule has 5 heteroatoms. The Morgan fingerprint density at radius 2 is 2.16 bits per heavy atom. The Bertz CT molecular complexity index is 637. The molecule has 1 aromatic carbocycles. The molecule has 0 unspecified atom stereocenters. The lowest BCUT2D eigenvalue weighted by Gasteiger charge is -2.06. The van der Waals surface area contributed by atoms with E-state index in [0.29, 0.717) is 23.0 Å². The van der Waals surface area contributed by atoms with Crippen LogP contribution >= 0.6 is 11.8 Å². The van der Waals surface area contributed by atoms with Gasteiger partial charge in [0.25, 0.3) is 5.56 Å². The number of hydrogen-bond acceptors (Lipinski definition) is 4. The van der Waals surface area contributed by atoms with Crippen molar-refractivity contribution in [2.75, 3.05) is 11.5 Å². The molecule has 19 heavy (non-hydrogen) atoms. The number of rotatable bonds is 4. The number of benzene rings is 1. The number of thioether (sulfide) groups is 1. The normalized spacial score (nSPS) is 10.6.